The molecule has 0 aliphatic heterocycles. The maximum absolute atomic E-state index is 13.0. The van der Waals surface area contributed by atoms with Crippen molar-refractivity contribution < 1.29 is 17.4 Å². The van der Waals surface area contributed by atoms with Gasteiger partial charge in [-0.2, -0.15) is 8.42 Å². The van der Waals surface area contributed by atoms with Gasteiger partial charge in [0, 0.05) is 17.3 Å². The van der Waals surface area contributed by atoms with Gasteiger partial charge < -0.3 is 0 Å². The van der Waals surface area contributed by atoms with Crippen LogP contribution in [0.25, 0.3) is 0 Å². The number of carbonyl (C=O) groups excluding carboxylic acids is 1. The molecule has 0 aromatic rings. The van der Waals surface area contributed by atoms with Crippen molar-refractivity contribution in [2.75, 3.05) is 6.26 Å². The molecule has 120 valence electrons. The monoisotopic (exact) mass is 314 g/mol. The van der Waals surface area contributed by atoms with Crippen LogP contribution in [0.3, 0.4) is 0 Å². The van der Waals surface area contributed by atoms with Crippen molar-refractivity contribution in [1.29, 1.82) is 0 Å². The van der Waals surface area contributed by atoms with E-state index in [4.69, 9.17) is 4.18 Å². The summed E-state index contributed by atoms with van der Waals surface area (Å²) in [5.41, 5.74) is -0.631. The normalized spacial score (nSPS) is 48.4. The quantitative estimate of drug-likeness (QED) is 0.735. The summed E-state index contributed by atoms with van der Waals surface area (Å²) in [7, 11) is -3.49. The van der Waals surface area contributed by atoms with Crippen LogP contribution in [-0.4, -0.2) is 26.6 Å². The Morgan fingerprint density at radius 1 is 1.19 bits per heavy atom. The fraction of sp³-hybridized carbons (Fsp3) is 0.938. The first-order chi connectivity index (χ1) is 9.46. The van der Waals surface area contributed by atoms with Gasteiger partial charge in [-0.05, 0) is 30.1 Å². The lowest BCUT2D eigenvalue weighted by molar-refractivity contribution is -0.148. The fourth-order valence-corrected chi connectivity index (χ4v) is 6.99. The highest BCUT2D eigenvalue weighted by Gasteiger charge is 2.78. The van der Waals surface area contributed by atoms with Gasteiger partial charge in [0.2, 0.25) is 0 Å². The zero-order chi connectivity index (χ0) is 15.8. The molecule has 0 aromatic carbocycles. The van der Waals surface area contributed by atoms with E-state index in [1.54, 1.807) is 0 Å². The summed E-state index contributed by atoms with van der Waals surface area (Å²) in [5.74, 6) is 0.264. The molecule has 3 rings (SSSR count). The fourth-order valence-electron chi connectivity index (χ4n) is 6.36. The summed E-state index contributed by atoms with van der Waals surface area (Å²) in [4.78, 5) is 13.0. The SMILES string of the molecule is CC1C(=O)[C@]23C[C@@H](OS(C)(=O)=O)[C@H]1[C@@]2(C)CCCC3(C)C. The molecule has 0 radical (unpaired) electrons. The molecule has 4 nitrogen and oxygen atoms in total. The number of Topliss-reactive ketones (excluding diaryl/α,β-unsaturated/α-hetero) is 1. The van der Waals surface area contributed by atoms with Crippen LogP contribution in [-0.2, 0) is 19.1 Å². The third-order valence-electron chi connectivity index (χ3n) is 6.94. The average molecular weight is 314 g/mol. The molecule has 21 heavy (non-hydrogen) atoms. The molecule has 0 N–H and O–H groups in total. The van der Waals surface area contributed by atoms with Crippen LogP contribution >= 0.6 is 0 Å². The molecule has 0 saturated heterocycles. The lowest BCUT2D eigenvalue weighted by Gasteiger charge is -2.54. The van der Waals surface area contributed by atoms with E-state index in [0.29, 0.717) is 12.2 Å². The summed E-state index contributed by atoms with van der Waals surface area (Å²) in [5, 5.41) is 0. The van der Waals surface area contributed by atoms with Gasteiger partial charge in [-0.3, -0.25) is 8.98 Å². The average Bonchev–Trinajstić information content (AvgIpc) is 2.63. The Labute approximate surface area is 127 Å². The van der Waals surface area contributed by atoms with Crippen molar-refractivity contribution in [3.63, 3.8) is 0 Å². The van der Waals surface area contributed by atoms with Crippen LogP contribution in [0.2, 0.25) is 0 Å². The Morgan fingerprint density at radius 2 is 1.81 bits per heavy atom. The second-order valence-electron chi connectivity index (χ2n) is 8.28. The molecule has 3 saturated carbocycles. The summed E-state index contributed by atoms with van der Waals surface area (Å²) in [6.07, 6.45) is 4.47. The van der Waals surface area contributed by atoms with E-state index in [2.05, 4.69) is 20.8 Å². The van der Waals surface area contributed by atoms with Crippen LogP contribution in [0.15, 0.2) is 0 Å². The molecule has 5 heteroatoms. The Balaban J connectivity index is 2.13. The first kappa shape index (κ1) is 15.5. The summed E-state index contributed by atoms with van der Waals surface area (Å²) in [6.45, 7) is 8.53. The van der Waals surface area contributed by atoms with Crippen molar-refractivity contribution in [2.45, 2.75) is 59.5 Å². The third kappa shape index (κ3) is 1.70. The van der Waals surface area contributed by atoms with E-state index < -0.39 is 15.5 Å². The van der Waals surface area contributed by atoms with Crippen LogP contribution in [0.1, 0.15) is 53.4 Å². The number of rotatable bonds is 2. The second kappa shape index (κ2) is 4.10. The van der Waals surface area contributed by atoms with Gasteiger partial charge in [-0.1, -0.05) is 34.1 Å². The number of hydrogen-bond donors (Lipinski definition) is 0. The van der Waals surface area contributed by atoms with Crippen molar-refractivity contribution in [3.8, 4) is 0 Å². The van der Waals surface area contributed by atoms with Gasteiger partial charge in [0.15, 0.2) is 0 Å². The lowest BCUT2D eigenvalue weighted by atomic mass is 9.48. The van der Waals surface area contributed by atoms with Gasteiger partial charge in [0.25, 0.3) is 10.1 Å². The molecule has 0 amide bonds. The Bertz CT molecular complexity index is 593. The van der Waals surface area contributed by atoms with Gasteiger partial charge >= 0.3 is 0 Å². The highest BCUT2D eigenvalue weighted by molar-refractivity contribution is 7.86. The van der Waals surface area contributed by atoms with Gasteiger partial charge in [-0.15, -0.1) is 0 Å². The summed E-state index contributed by atoms with van der Waals surface area (Å²) < 4.78 is 28.6. The first-order valence-corrected chi connectivity index (χ1v) is 9.70. The molecule has 1 unspecified atom stereocenters. The predicted molar refractivity (Wildman–Crippen MR) is 80.2 cm³/mol. The molecule has 0 aromatic heterocycles. The maximum atomic E-state index is 13.0. The Morgan fingerprint density at radius 3 is 2.33 bits per heavy atom. The van der Waals surface area contributed by atoms with E-state index in [1.807, 2.05) is 6.92 Å². The molecule has 0 spiro atoms. The smallest absolute Gasteiger partial charge is 0.264 e. The van der Waals surface area contributed by atoms with Crippen LogP contribution in [0.5, 0.6) is 0 Å². The predicted octanol–water partition coefficient (Wildman–Crippen LogP) is 2.77. The molecular weight excluding hydrogens is 288 g/mol. The molecular formula is C16H26O4S. The van der Waals surface area contributed by atoms with Crippen molar-refractivity contribution in [2.24, 2.45) is 28.1 Å². The van der Waals surface area contributed by atoms with E-state index in [9.17, 15) is 13.2 Å². The highest BCUT2D eigenvalue weighted by atomic mass is 32.2. The molecule has 2 bridgehead atoms. The molecule has 0 heterocycles. The standard InChI is InChI=1S/C16H26O4S/c1-10-12-11(20-21(5,18)19)9-16(13(10)17)14(2,3)7-6-8-15(12,16)4/h10-12H,6-9H2,1-5H3/t10?,11-,12+,15-,16+/m1/s1. The van der Waals surface area contributed by atoms with E-state index in [0.717, 1.165) is 25.5 Å². The zero-order valence-corrected chi connectivity index (χ0v) is 14.4. The Kier molecular flexibility index (Phi) is 3.02. The lowest BCUT2D eigenvalue weighted by Crippen LogP contribution is -2.52. The minimum Gasteiger partial charge on any atom is -0.299 e. The van der Waals surface area contributed by atoms with Crippen molar-refractivity contribution in [3.05, 3.63) is 0 Å². The zero-order valence-electron chi connectivity index (χ0n) is 13.6. The van der Waals surface area contributed by atoms with Crippen molar-refractivity contribution in [1.82, 2.24) is 0 Å². The van der Waals surface area contributed by atoms with E-state index >= 15 is 0 Å². The van der Waals surface area contributed by atoms with Crippen LogP contribution in [0, 0.1) is 28.1 Å². The van der Waals surface area contributed by atoms with Crippen LogP contribution < -0.4 is 0 Å². The molecule has 3 fully saturated rings. The minimum atomic E-state index is -3.49. The number of carbonyl (C=O) groups is 1. The third-order valence-corrected chi connectivity index (χ3v) is 7.54. The second-order valence-corrected chi connectivity index (χ2v) is 9.88. The summed E-state index contributed by atoms with van der Waals surface area (Å²) >= 11 is 0. The van der Waals surface area contributed by atoms with Gasteiger partial charge in [0.1, 0.15) is 5.78 Å². The number of hydrogen-bond acceptors (Lipinski definition) is 4. The van der Waals surface area contributed by atoms with Gasteiger partial charge in [0.05, 0.1) is 12.4 Å². The van der Waals surface area contributed by atoms with E-state index in [1.165, 1.54) is 0 Å². The minimum absolute atomic E-state index is 0.0271. The topological polar surface area (TPSA) is 60.4 Å². The van der Waals surface area contributed by atoms with E-state index in [-0.39, 0.29) is 28.8 Å². The Hall–Kier alpha value is -0.420. The largest absolute Gasteiger partial charge is 0.299 e. The molecule has 3 aliphatic carbocycles. The maximum Gasteiger partial charge on any atom is 0.264 e. The van der Waals surface area contributed by atoms with Crippen LogP contribution in [0.4, 0.5) is 0 Å². The molecule has 5 atom stereocenters. The highest BCUT2D eigenvalue weighted by Crippen LogP contribution is 2.76. The van der Waals surface area contributed by atoms with Crippen molar-refractivity contribution >= 4 is 15.9 Å². The summed E-state index contributed by atoms with van der Waals surface area (Å²) in [6, 6.07) is 0. The molecule has 3 aliphatic rings. The first-order valence-electron chi connectivity index (χ1n) is 7.89. The number of ketones is 1. The van der Waals surface area contributed by atoms with Gasteiger partial charge in [-0.25, -0.2) is 0 Å².